The lowest BCUT2D eigenvalue weighted by molar-refractivity contribution is -0.136. The van der Waals surface area contributed by atoms with Gasteiger partial charge < -0.3 is 15.1 Å². The summed E-state index contributed by atoms with van der Waals surface area (Å²) in [6.45, 7) is 4.06. The maximum absolute atomic E-state index is 12.2. The highest BCUT2D eigenvalue weighted by molar-refractivity contribution is 5.79. The molecule has 0 aliphatic carbocycles. The molecule has 2 aliphatic heterocycles. The molecular formula is C12H23N3O. The van der Waals surface area contributed by atoms with E-state index < -0.39 is 0 Å². The summed E-state index contributed by atoms with van der Waals surface area (Å²) >= 11 is 0. The van der Waals surface area contributed by atoms with Crippen molar-refractivity contribution in [2.75, 3.05) is 40.3 Å². The molecule has 2 rings (SSSR count). The van der Waals surface area contributed by atoms with Crippen LogP contribution >= 0.6 is 0 Å². The Bertz CT molecular complexity index is 251. The monoisotopic (exact) mass is 225 g/mol. The molecule has 2 aliphatic rings. The Morgan fingerprint density at radius 2 is 2.25 bits per heavy atom. The van der Waals surface area contributed by atoms with Gasteiger partial charge in [0.25, 0.3) is 0 Å². The summed E-state index contributed by atoms with van der Waals surface area (Å²) < 4.78 is 0. The van der Waals surface area contributed by atoms with Crippen LogP contribution in [-0.4, -0.2) is 62.0 Å². The van der Waals surface area contributed by atoms with Gasteiger partial charge in [-0.2, -0.15) is 0 Å². The summed E-state index contributed by atoms with van der Waals surface area (Å²) in [5, 5.41) is 3.26. The molecule has 4 nitrogen and oxygen atoms in total. The summed E-state index contributed by atoms with van der Waals surface area (Å²) in [7, 11) is 4.12. The van der Waals surface area contributed by atoms with Crippen LogP contribution in [0, 0.1) is 5.92 Å². The smallest absolute Gasteiger partial charge is 0.227 e. The number of carbonyl (C=O) groups is 1. The lowest BCUT2D eigenvalue weighted by Gasteiger charge is -2.36. The predicted octanol–water partition coefficient (Wildman–Crippen LogP) is 0.149. The molecule has 0 aromatic carbocycles. The van der Waals surface area contributed by atoms with Crippen LogP contribution in [0.15, 0.2) is 0 Å². The second kappa shape index (κ2) is 5.15. The van der Waals surface area contributed by atoms with E-state index in [9.17, 15) is 4.79 Å². The number of amides is 1. The van der Waals surface area contributed by atoms with Gasteiger partial charge in [0.2, 0.25) is 5.91 Å². The van der Waals surface area contributed by atoms with Crippen LogP contribution in [0.25, 0.3) is 0 Å². The summed E-state index contributed by atoms with van der Waals surface area (Å²) in [4.78, 5) is 16.5. The minimum absolute atomic E-state index is 0.220. The van der Waals surface area contributed by atoms with Crippen molar-refractivity contribution in [3.63, 3.8) is 0 Å². The van der Waals surface area contributed by atoms with Crippen LogP contribution in [0.1, 0.15) is 19.3 Å². The average Bonchev–Trinajstić information content (AvgIpc) is 2.80. The number of hydrogen-bond donors (Lipinski definition) is 1. The van der Waals surface area contributed by atoms with Crippen molar-refractivity contribution in [3.05, 3.63) is 0 Å². The Hall–Kier alpha value is -0.610. The van der Waals surface area contributed by atoms with Gasteiger partial charge in [-0.05, 0) is 39.4 Å². The summed E-state index contributed by atoms with van der Waals surface area (Å²) in [6.07, 6.45) is 3.38. The van der Waals surface area contributed by atoms with Gasteiger partial charge in [0.15, 0.2) is 0 Å². The lowest BCUT2D eigenvalue weighted by Crippen LogP contribution is -2.49. The Kier molecular flexibility index (Phi) is 3.82. The van der Waals surface area contributed by atoms with E-state index in [1.807, 2.05) is 11.9 Å². The van der Waals surface area contributed by atoms with Gasteiger partial charge in [-0.3, -0.25) is 4.79 Å². The van der Waals surface area contributed by atoms with Gasteiger partial charge in [-0.15, -0.1) is 0 Å². The van der Waals surface area contributed by atoms with E-state index in [0.717, 1.165) is 32.5 Å². The molecule has 0 bridgehead atoms. The molecule has 4 heteroatoms. The molecule has 0 aromatic heterocycles. The first kappa shape index (κ1) is 11.9. The molecule has 2 unspecified atom stereocenters. The molecule has 2 heterocycles. The molecule has 0 spiro atoms. The maximum atomic E-state index is 12.2. The van der Waals surface area contributed by atoms with Crippen molar-refractivity contribution in [3.8, 4) is 0 Å². The van der Waals surface area contributed by atoms with Crippen molar-refractivity contribution in [2.45, 2.75) is 25.3 Å². The third-order valence-electron chi connectivity index (χ3n) is 3.90. The minimum atomic E-state index is 0.220. The van der Waals surface area contributed by atoms with Crippen LogP contribution < -0.4 is 5.32 Å². The van der Waals surface area contributed by atoms with Crippen molar-refractivity contribution >= 4 is 5.91 Å². The van der Waals surface area contributed by atoms with Crippen LogP contribution in [-0.2, 0) is 4.79 Å². The lowest BCUT2D eigenvalue weighted by atomic mass is 10.0. The van der Waals surface area contributed by atoms with Crippen LogP contribution in [0.2, 0.25) is 0 Å². The zero-order chi connectivity index (χ0) is 11.5. The van der Waals surface area contributed by atoms with E-state index in [0.29, 0.717) is 11.9 Å². The number of hydrogen-bond acceptors (Lipinski definition) is 3. The Morgan fingerprint density at radius 3 is 2.88 bits per heavy atom. The van der Waals surface area contributed by atoms with E-state index in [2.05, 4.69) is 17.3 Å². The number of nitrogens with one attached hydrogen (secondary N) is 1. The molecule has 1 N–H and O–H groups in total. The van der Waals surface area contributed by atoms with E-state index in [4.69, 9.17) is 0 Å². The molecule has 0 saturated carbocycles. The molecule has 92 valence electrons. The minimum Gasteiger partial charge on any atom is -0.341 e. The largest absolute Gasteiger partial charge is 0.341 e. The molecule has 0 radical (unpaired) electrons. The summed E-state index contributed by atoms with van der Waals surface area (Å²) in [6, 6.07) is 0.423. The first-order valence-corrected chi connectivity index (χ1v) is 6.34. The highest BCUT2D eigenvalue weighted by Gasteiger charge is 2.30. The van der Waals surface area contributed by atoms with Gasteiger partial charge in [-0.25, -0.2) is 0 Å². The van der Waals surface area contributed by atoms with Gasteiger partial charge in [0.05, 0.1) is 5.92 Å². The zero-order valence-electron chi connectivity index (χ0n) is 10.4. The number of likely N-dealkylation sites (tertiary alicyclic amines) is 1. The molecule has 1 amide bonds. The highest BCUT2D eigenvalue weighted by atomic mass is 16.2. The zero-order valence-corrected chi connectivity index (χ0v) is 10.4. The van der Waals surface area contributed by atoms with Gasteiger partial charge in [-0.1, -0.05) is 0 Å². The topological polar surface area (TPSA) is 35.6 Å². The number of rotatable bonds is 2. The average molecular weight is 225 g/mol. The third kappa shape index (κ3) is 2.55. The normalized spacial score (nSPS) is 31.6. The maximum Gasteiger partial charge on any atom is 0.227 e. The molecule has 2 saturated heterocycles. The number of carbonyl (C=O) groups excluding carboxylic acids is 1. The fraction of sp³-hybridized carbons (Fsp3) is 0.917. The van der Waals surface area contributed by atoms with Crippen LogP contribution in [0.3, 0.4) is 0 Å². The first-order valence-electron chi connectivity index (χ1n) is 6.34. The SMILES string of the molecule is CN1CCCC(N(C)C(=O)C2CCNC2)C1. The van der Waals surface area contributed by atoms with Gasteiger partial charge in [0.1, 0.15) is 0 Å². The molecule has 0 aromatic rings. The quantitative estimate of drug-likeness (QED) is 0.726. The second-order valence-corrected chi connectivity index (χ2v) is 5.20. The fourth-order valence-corrected chi connectivity index (χ4v) is 2.79. The van der Waals surface area contributed by atoms with Crippen molar-refractivity contribution in [2.24, 2.45) is 5.92 Å². The van der Waals surface area contributed by atoms with E-state index in [1.54, 1.807) is 0 Å². The second-order valence-electron chi connectivity index (χ2n) is 5.20. The van der Waals surface area contributed by atoms with E-state index in [-0.39, 0.29) is 5.92 Å². The Labute approximate surface area is 98.0 Å². The highest BCUT2D eigenvalue weighted by Crippen LogP contribution is 2.18. The molecule has 16 heavy (non-hydrogen) atoms. The Morgan fingerprint density at radius 1 is 1.44 bits per heavy atom. The number of nitrogens with zero attached hydrogens (tertiary/aromatic N) is 2. The third-order valence-corrected chi connectivity index (χ3v) is 3.90. The van der Waals surface area contributed by atoms with E-state index >= 15 is 0 Å². The van der Waals surface area contributed by atoms with Crippen molar-refractivity contribution in [1.82, 2.24) is 15.1 Å². The van der Waals surface area contributed by atoms with Crippen LogP contribution in [0.5, 0.6) is 0 Å². The van der Waals surface area contributed by atoms with Crippen molar-refractivity contribution < 1.29 is 4.79 Å². The van der Waals surface area contributed by atoms with Crippen LogP contribution in [0.4, 0.5) is 0 Å². The summed E-state index contributed by atoms with van der Waals surface area (Å²) in [5.41, 5.74) is 0. The van der Waals surface area contributed by atoms with E-state index in [1.165, 1.54) is 13.0 Å². The standard InChI is InChI=1S/C12H23N3O/c1-14-7-3-4-11(9-14)15(2)12(16)10-5-6-13-8-10/h10-11,13H,3-9H2,1-2H3. The van der Waals surface area contributed by atoms with Gasteiger partial charge >= 0.3 is 0 Å². The number of likely N-dealkylation sites (N-methyl/N-ethyl adjacent to an activating group) is 2. The molecular weight excluding hydrogens is 202 g/mol. The summed E-state index contributed by atoms with van der Waals surface area (Å²) in [5.74, 6) is 0.558. The predicted molar refractivity (Wildman–Crippen MR) is 64.3 cm³/mol. The first-order chi connectivity index (χ1) is 7.68. The van der Waals surface area contributed by atoms with Crippen molar-refractivity contribution in [1.29, 1.82) is 0 Å². The van der Waals surface area contributed by atoms with Gasteiger partial charge in [0, 0.05) is 26.2 Å². The molecule has 2 atom stereocenters. The fourth-order valence-electron chi connectivity index (χ4n) is 2.79. The number of piperidine rings is 1. The Balaban J connectivity index is 1.89. The molecule has 2 fully saturated rings.